The van der Waals surface area contributed by atoms with Gasteiger partial charge in [0.2, 0.25) is 0 Å². The van der Waals surface area contributed by atoms with Crippen LogP contribution < -0.4 is 5.32 Å². The number of likely N-dealkylation sites (tertiary alicyclic amines) is 1. The van der Waals surface area contributed by atoms with Crippen LogP contribution in [0, 0.1) is 0 Å². The quantitative estimate of drug-likeness (QED) is 0.717. The zero-order chi connectivity index (χ0) is 9.90. The first-order valence-electron chi connectivity index (χ1n) is 5.53. The van der Waals surface area contributed by atoms with Crippen molar-refractivity contribution in [1.29, 1.82) is 0 Å². The largest absolute Gasteiger partial charge is 0.318 e. The Morgan fingerprint density at radius 3 is 2.54 bits per heavy atom. The molecule has 2 heteroatoms. The number of rotatable bonds is 4. The maximum atomic E-state index is 3.29. The highest BCUT2D eigenvalue weighted by atomic mass is 15.2. The Hall–Kier alpha value is -0.0800. The van der Waals surface area contributed by atoms with Gasteiger partial charge in [-0.25, -0.2) is 0 Å². The molecule has 0 aromatic carbocycles. The molecule has 0 aromatic heterocycles. The van der Waals surface area contributed by atoms with Crippen LogP contribution in [0.4, 0.5) is 0 Å². The predicted octanol–water partition coefficient (Wildman–Crippen LogP) is 1.86. The fraction of sp³-hybridized carbons (Fsp3) is 1.00. The van der Waals surface area contributed by atoms with Gasteiger partial charge in [0.05, 0.1) is 0 Å². The van der Waals surface area contributed by atoms with Crippen molar-refractivity contribution in [2.24, 2.45) is 0 Å². The van der Waals surface area contributed by atoms with Crippen molar-refractivity contribution in [2.45, 2.75) is 51.6 Å². The Labute approximate surface area is 82.7 Å². The molecule has 0 amide bonds. The average molecular weight is 184 g/mol. The van der Waals surface area contributed by atoms with Crippen molar-refractivity contribution in [3.63, 3.8) is 0 Å². The second-order valence-corrected chi connectivity index (χ2v) is 4.73. The first-order valence-corrected chi connectivity index (χ1v) is 5.53. The lowest BCUT2D eigenvalue weighted by atomic mass is 10.00. The molecule has 1 fully saturated rings. The second kappa shape index (κ2) is 4.43. The van der Waals surface area contributed by atoms with Crippen molar-refractivity contribution in [3.05, 3.63) is 0 Å². The summed E-state index contributed by atoms with van der Waals surface area (Å²) in [7, 11) is 2.05. The van der Waals surface area contributed by atoms with E-state index in [1.807, 2.05) is 7.05 Å². The first kappa shape index (κ1) is 11.0. The lowest BCUT2D eigenvalue weighted by Gasteiger charge is -2.38. The topological polar surface area (TPSA) is 15.3 Å². The molecule has 0 radical (unpaired) electrons. The summed E-state index contributed by atoms with van der Waals surface area (Å²) in [5.74, 6) is 0. The van der Waals surface area contributed by atoms with E-state index < -0.39 is 0 Å². The maximum Gasteiger partial charge on any atom is 0.0223 e. The number of nitrogens with zero attached hydrogens (tertiary/aromatic N) is 1. The molecule has 78 valence electrons. The first-order chi connectivity index (χ1) is 6.11. The summed E-state index contributed by atoms with van der Waals surface area (Å²) in [5.41, 5.74) is 0.428. The fourth-order valence-electron chi connectivity index (χ4n) is 2.52. The van der Waals surface area contributed by atoms with Crippen molar-refractivity contribution in [1.82, 2.24) is 10.2 Å². The molecule has 1 aliphatic heterocycles. The molecule has 0 bridgehead atoms. The van der Waals surface area contributed by atoms with Gasteiger partial charge < -0.3 is 5.32 Å². The molecule has 1 saturated heterocycles. The van der Waals surface area contributed by atoms with Gasteiger partial charge in [0.25, 0.3) is 0 Å². The van der Waals surface area contributed by atoms with E-state index in [4.69, 9.17) is 0 Å². The summed E-state index contributed by atoms with van der Waals surface area (Å²) in [5, 5.41) is 3.29. The van der Waals surface area contributed by atoms with E-state index in [2.05, 4.69) is 31.0 Å². The molecule has 1 rings (SSSR count). The van der Waals surface area contributed by atoms with Crippen molar-refractivity contribution < 1.29 is 0 Å². The van der Waals surface area contributed by atoms with Gasteiger partial charge in [-0.3, -0.25) is 4.90 Å². The van der Waals surface area contributed by atoms with E-state index in [-0.39, 0.29) is 0 Å². The Balaban J connectivity index is 2.57. The van der Waals surface area contributed by atoms with Crippen LogP contribution in [0.25, 0.3) is 0 Å². The second-order valence-electron chi connectivity index (χ2n) is 4.73. The third-order valence-corrected chi connectivity index (χ3v) is 3.32. The van der Waals surface area contributed by atoms with Gasteiger partial charge in [0, 0.05) is 18.1 Å². The molecule has 0 aliphatic carbocycles. The molecule has 1 N–H and O–H groups in total. The van der Waals surface area contributed by atoms with Gasteiger partial charge in [-0.15, -0.1) is 0 Å². The Bertz CT molecular complexity index is 154. The van der Waals surface area contributed by atoms with Crippen molar-refractivity contribution in [2.75, 3.05) is 20.1 Å². The highest BCUT2D eigenvalue weighted by molar-refractivity contribution is 4.92. The minimum atomic E-state index is 0.428. The normalized spacial score (nSPS) is 24.9. The summed E-state index contributed by atoms with van der Waals surface area (Å²) >= 11 is 0. The Morgan fingerprint density at radius 2 is 2.15 bits per heavy atom. The average Bonchev–Trinajstić information content (AvgIpc) is 2.41. The van der Waals surface area contributed by atoms with E-state index in [1.165, 1.54) is 25.8 Å². The van der Waals surface area contributed by atoms with E-state index >= 15 is 0 Å². The highest BCUT2D eigenvalue weighted by Gasteiger charge is 2.35. The molecule has 1 atom stereocenters. The number of nitrogens with one attached hydrogen (secondary N) is 1. The lowest BCUT2D eigenvalue weighted by Crippen LogP contribution is -2.48. The molecule has 13 heavy (non-hydrogen) atoms. The summed E-state index contributed by atoms with van der Waals surface area (Å²) in [6.07, 6.45) is 3.98. The Morgan fingerprint density at radius 1 is 1.46 bits per heavy atom. The SMILES string of the molecule is CCC(CNC)N1CCCC1(C)C. The molecule has 1 heterocycles. The molecule has 2 nitrogen and oxygen atoms in total. The van der Waals surface area contributed by atoms with Crippen LogP contribution in [0.5, 0.6) is 0 Å². The van der Waals surface area contributed by atoms with Gasteiger partial charge in [0.15, 0.2) is 0 Å². The molecule has 1 aliphatic rings. The monoisotopic (exact) mass is 184 g/mol. The highest BCUT2D eigenvalue weighted by Crippen LogP contribution is 2.30. The minimum absolute atomic E-state index is 0.428. The van der Waals surface area contributed by atoms with Gasteiger partial charge in [-0.05, 0) is 46.7 Å². The van der Waals surface area contributed by atoms with Crippen LogP contribution in [0.1, 0.15) is 40.0 Å². The zero-order valence-corrected chi connectivity index (χ0v) is 9.56. The number of hydrogen-bond acceptors (Lipinski definition) is 2. The third-order valence-electron chi connectivity index (χ3n) is 3.32. The molecule has 0 saturated carbocycles. The number of likely N-dealkylation sites (N-methyl/N-ethyl adjacent to an activating group) is 1. The lowest BCUT2D eigenvalue weighted by molar-refractivity contribution is 0.112. The summed E-state index contributed by atoms with van der Waals surface area (Å²) in [6.45, 7) is 9.44. The summed E-state index contributed by atoms with van der Waals surface area (Å²) in [4.78, 5) is 2.67. The van der Waals surface area contributed by atoms with Crippen LogP contribution in [0.15, 0.2) is 0 Å². The predicted molar refractivity (Wildman–Crippen MR) is 58.0 cm³/mol. The van der Waals surface area contributed by atoms with Crippen LogP contribution >= 0.6 is 0 Å². The van der Waals surface area contributed by atoms with Gasteiger partial charge in [-0.2, -0.15) is 0 Å². The zero-order valence-electron chi connectivity index (χ0n) is 9.56. The van der Waals surface area contributed by atoms with Gasteiger partial charge in [0.1, 0.15) is 0 Å². The van der Waals surface area contributed by atoms with E-state index in [1.54, 1.807) is 0 Å². The van der Waals surface area contributed by atoms with Crippen LogP contribution in [-0.2, 0) is 0 Å². The van der Waals surface area contributed by atoms with Crippen LogP contribution in [-0.4, -0.2) is 36.6 Å². The van der Waals surface area contributed by atoms with E-state index in [9.17, 15) is 0 Å². The van der Waals surface area contributed by atoms with Gasteiger partial charge >= 0.3 is 0 Å². The fourth-order valence-corrected chi connectivity index (χ4v) is 2.52. The smallest absolute Gasteiger partial charge is 0.0223 e. The standard InChI is InChI=1S/C11H24N2/c1-5-10(9-12-4)13-8-6-7-11(13,2)3/h10,12H,5-9H2,1-4H3. The van der Waals surface area contributed by atoms with E-state index in [0.29, 0.717) is 5.54 Å². The van der Waals surface area contributed by atoms with E-state index in [0.717, 1.165) is 12.6 Å². The third kappa shape index (κ3) is 2.44. The molecular weight excluding hydrogens is 160 g/mol. The number of hydrogen-bond donors (Lipinski definition) is 1. The Kier molecular flexibility index (Phi) is 3.74. The van der Waals surface area contributed by atoms with Gasteiger partial charge in [-0.1, -0.05) is 6.92 Å². The molecule has 0 spiro atoms. The van der Waals surface area contributed by atoms with Crippen LogP contribution in [0.3, 0.4) is 0 Å². The molecule has 0 aromatic rings. The molecular formula is C11H24N2. The van der Waals surface area contributed by atoms with Crippen molar-refractivity contribution in [3.8, 4) is 0 Å². The van der Waals surface area contributed by atoms with Crippen LogP contribution in [0.2, 0.25) is 0 Å². The molecule has 1 unspecified atom stereocenters. The minimum Gasteiger partial charge on any atom is -0.318 e. The maximum absolute atomic E-state index is 3.29. The summed E-state index contributed by atoms with van der Waals surface area (Å²) in [6, 6.07) is 0.725. The van der Waals surface area contributed by atoms with Crippen molar-refractivity contribution >= 4 is 0 Å². The summed E-state index contributed by atoms with van der Waals surface area (Å²) < 4.78 is 0.